The van der Waals surface area contributed by atoms with Crippen LogP contribution in [0.4, 0.5) is 0 Å². The van der Waals surface area contributed by atoms with E-state index in [1.807, 2.05) is 19.1 Å². The molecule has 2 fully saturated rings. The molecule has 0 spiro atoms. The van der Waals surface area contributed by atoms with E-state index in [0.29, 0.717) is 30.3 Å². The van der Waals surface area contributed by atoms with Gasteiger partial charge in [0.05, 0.1) is 18.0 Å². The number of rotatable bonds is 10. The molecule has 2 rings (SSSR count). The van der Waals surface area contributed by atoms with Gasteiger partial charge in [0, 0.05) is 46.1 Å². The number of hydrogen-bond acceptors (Lipinski definition) is 4. The standard InChI is InChI=1S/C25H43NO4/c1-17(20-12-13-23(29-5)18(2)15-20)16-22(21-9-7-8-10-24(21)30-6)26(4)25(28)14-11-19(3)27/h18,20-24,27H,1,3,7-16H2,2,4-6H3. The van der Waals surface area contributed by atoms with Crippen LogP contribution in [0.1, 0.15) is 71.1 Å². The minimum Gasteiger partial charge on any atom is -0.513 e. The predicted octanol–water partition coefficient (Wildman–Crippen LogP) is 5.27. The third kappa shape index (κ3) is 6.58. The van der Waals surface area contributed by atoms with Gasteiger partial charge in [-0.05, 0) is 50.4 Å². The number of nitrogens with zero attached hydrogens (tertiary/aromatic N) is 1. The van der Waals surface area contributed by atoms with Crippen molar-refractivity contribution in [1.29, 1.82) is 0 Å². The van der Waals surface area contributed by atoms with Gasteiger partial charge in [-0.25, -0.2) is 0 Å². The van der Waals surface area contributed by atoms with Crippen molar-refractivity contribution in [2.75, 3.05) is 21.3 Å². The zero-order valence-corrected chi connectivity index (χ0v) is 19.6. The van der Waals surface area contributed by atoms with Gasteiger partial charge in [0.1, 0.15) is 0 Å². The van der Waals surface area contributed by atoms with E-state index in [1.54, 1.807) is 7.11 Å². The molecule has 0 saturated heterocycles. The van der Waals surface area contributed by atoms with Crippen molar-refractivity contribution in [3.05, 3.63) is 24.5 Å². The Kier molecular flexibility index (Phi) is 9.89. The zero-order valence-electron chi connectivity index (χ0n) is 19.6. The molecule has 0 bridgehead atoms. The molecule has 0 heterocycles. The van der Waals surface area contributed by atoms with E-state index in [9.17, 15) is 9.90 Å². The van der Waals surface area contributed by atoms with Crippen LogP contribution in [0, 0.1) is 17.8 Å². The molecule has 2 aliphatic carbocycles. The molecule has 0 radical (unpaired) electrons. The van der Waals surface area contributed by atoms with E-state index < -0.39 is 0 Å². The maximum atomic E-state index is 12.9. The second-order valence-corrected chi connectivity index (χ2v) is 9.48. The van der Waals surface area contributed by atoms with E-state index in [2.05, 4.69) is 20.1 Å². The normalized spacial score (nSPS) is 30.5. The van der Waals surface area contributed by atoms with E-state index in [-0.39, 0.29) is 30.2 Å². The highest BCUT2D eigenvalue weighted by Gasteiger charge is 2.37. The van der Waals surface area contributed by atoms with Crippen LogP contribution in [0.5, 0.6) is 0 Å². The summed E-state index contributed by atoms with van der Waals surface area (Å²) in [4.78, 5) is 14.8. The van der Waals surface area contributed by atoms with Crippen molar-refractivity contribution in [3.8, 4) is 0 Å². The average Bonchev–Trinajstić information content (AvgIpc) is 2.74. The minimum atomic E-state index is 0.0554. The number of hydrogen-bond donors (Lipinski definition) is 1. The maximum Gasteiger partial charge on any atom is 0.223 e. The summed E-state index contributed by atoms with van der Waals surface area (Å²) in [5, 5.41) is 9.42. The minimum absolute atomic E-state index is 0.0554. The molecule has 5 nitrogen and oxygen atoms in total. The van der Waals surface area contributed by atoms with Gasteiger partial charge in [-0.2, -0.15) is 0 Å². The van der Waals surface area contributed by atoms with Crippen LogP contribution in [0.2, 0.25) is 0 Å². The Morgan fingerprint density at radius 1 is 1.07 bits per heavy atom. The second kappa shape index (κ2) is 11.9. The molecule has 1 N–H and O–H groups in total. The SMILES string of the molecule is C=C(O)CCC(=O)N(C)C(CC(=C)C1CCC(OC)C(C)C1)C1CCCCC1OC. The van der Waals surface area contributed by atoms with Gasteiger partial charge >= 0.3 is 0 Å². The first-order valence-electron chi connectivity index (χ1n) is 11.6. The molecule has 0 aromatic carbocycles. The Hall–Kier alpha value is -1.33. The molecular formula is C25H43NO4. The van der Waals surface area contributed by atoms with Crippen LogP contribution in [0.3, 0.4) is 0 Å². The highest BCUT2D eigenvalue weighted by Crippen LogP contribution is 2.39. The third-order valence-corrected chi connectivity index (χ3v) is 7.51. The summed E-state index contributed by atoms with van der Waals surface area (Å²) >= 11 is 0. The molecule has 1 amide bonds. The fourth-order valence-corrected chi connectivity index (χ4v) is 5.57. The number of aliphatic hydroxyl groups excluding tert-OH is 1. The van der Waals surface area contributed by atoms with Crippen LogP contribution in [-0.4, -0.2) is 55.4 Å². The number of methoxy groups -OCH3 is 2. The molecule has 6 atom stereocenters. The van der Waals surface area contributed by atoms with Crippen LogP contribution < -0.4 is 0 Å². The smallest absolute Gasteiger partial charge is 0.223 e. The predicted molar refractivity (Wildman–Crippen MR) is 121 cm³/mol. The largest absolute Gasteiger partial charge is 0.513 e. The van der Waals surface area contributed by atoms with Gasteiger partial charge in [-0.15, -0.1) is 0 Å². The molecule has 0 aliphatic heterocycles. The summed E-state index contributed by atoms with van der Waals surface area (Å²) in [6, 6.07) is 0.0812. The summed E-state index contributed by atoms with van der Waals surface area (Å²) < 4.78 is 11.5. The van der Waals surface area contributed by atoms with Crippen molar-refractivity contribution >= 4 is 5.91 Å². The molecule has 0 aromatic heterocycles. The first-order valence-corrected chi connectivity index (χ1v) is 11.6. The fraction of sp³-hybridized carbons (Fsp3) is 0.800. The number of carbonyl (C=O) groups excluding carboxylic acids is 1. The third-order valence-electron chi connectivity index (χ3n) is 7.51. The molecule has 5 heteroatoms. The second-order valence-electron chi connectivity index (χ2n) is 9.48. The number of aliphatic hydroxyl groups is 1. The van der Waals surface area contributed by atoms with E-state index in [1.165, 1.54) is 18.4 Å². The lowest BCUT2D eigenvalue weighted by atomic mass is 9.73. The van der Waals surface area contributed by atoms with Gasteiger partial charge in [-0.3, -0.25) is 4.79 Å². The van der Waals surface area contributed by atoms with Crippen molar-refractivity contribution in [2.45, 2.75) is 89.4 Å². The summed E-state index contributed by atoms with van der Waals surface area (Å²) in [6.07, 6.45) is 9.72. The molecule has 2 aliphatic rings. The lowest BCUT2D eigenvalue weighted by Gasteiger charge is -2.42. The molecule has 0 aromatic rings. The Morgan fingerprint density at radius 2 is 1.73 bits per heavy atom. The Bertz CT molecular complexity index is 590. The van der Waals surface area contributed by atoms with Crippen LogP contribution >= 0.6 is 0 Å². The summed E-state index contributed by atoms with van der Waals surface area (Å²) in [7, 11) is 5.51. The lowest BCUT2D eigenvalue weighted by Crippen LogP contribution is -2.48. The zero-order chi connectivity index (χ0) is 22.3. The van der Waals surface area contributed by atoms with Crippen molar-refractivity contribution in [1.82, 2.24) is 4.90 Å². The number of ether oxygens (including phenoxy) is 2. The fourth-order valence-electron chi connectivity index (χ4n) is 5.57. The van der Waals surface area contributed by atoms with Gasteiger partial charge in [-0.1, -0.05) is 38.5 Å². The summed E-state index contributed by atoms with van der Waals surface area (Å²) in [5.74, 6) is 1.45. The van der Waals surface area contributed by atoms with Gasteiger partial charge in [0.2, 0.25) is 5.91 Å². The maximum absolute atomic E-state index is 12.9. The number of allylic oxidation sites excluding steroid dienone is 1. The van der Waals surface area contributed by atoms with Gasteiger partial charge in [0.15, 0.2) is 0 Å². The quantitative estimate of drug-likeness (QED) is 0.386. The Labute approximate surface area is 183 Å². The topological polar surface area (TPSA) is 59.0 Å². The van der Waals surface area contributed by atoms with Crippen molar-refractivity contribution < 1.29 is 19.4 Å². The van der Waals surface area contributed by atoms with Gasteiger partial charge < -0.3 is 19.5 Å². The average molecular weight is 422 g/mol. The summed E-state index contributed by atoms with van der Waals surface area (Å²) in [6.45, 7) is 10.3. The summed E-state index contributed by atoms with van der Waals surface area (Å²) in [5.41, 5.74) is 1.26. The van der Waals surface area contributed by atoms with Crippen LogP contribution in [0.25, 0.3) is 0 Å². The Balaban J connectivity index is 2.13. The van der Waals surface area contributed by atoms with Crippen LogP contribution in [-0.2, 0) is 14.3 Å². The van der Waals surface area contributed by atoms with E-state index in [0.717, 1.165) is 38.5 Å². The van der Waals surface area contributed by atoms with E-state index >= 15 is 0 Å². The molecule has 2 saturated carbocycles. The lowest BCUT2D eigenvalue weighted by molar-refractivity contribution is -0.135. The van der Waals surface area contributed by atoms with Gasteiger partial charge in [0.25, 0.3) is 0 Å². The highest BCUT2D eigenvalue weighted by atomic mass is 16.5. The first kappa shape index (κ1) is 24.9. The highest BCUT2D eigenvalue weighted by molar-refractivity contribution is 5.76. The van der Waals surface area contributed by atoms with Crippen molar-refractivity contribution in [2.24, 2.45) is 17.8 Å². The van der Waals surface area contributed by atoms with E-state index in [4.69, 9.17) is 9.47 Å². The monoisotopic (exact) mass is 421 g/mol. The Morgan fingerprint density at radius 3 is 2.33 bits per heavy atom. The molecule has 30 heavy (non-hydrogen) atoms. The number of carbonyl (C=O) groups is 1. The first-order chi connectivity index (χ1) is 14.3. The number of amides is 1. The molecule has 172 valence electrons. The molecular weight excluding hydrogens is 378 g/mol. The van der Waals surface area contributed by atoms with Crippen LogP contribution in [0.15, 0.2) is 24.5 Å². The van der Waals surface area contributed by atoms with Crippen molar-refractivity contribution in [3.63, 3.8) is 0 Å². The molecule has 6 unspecified atom stereocenters.